The number of amides is 1. The minimum Gasteiger partial charge on any atom is -0.478 e. The van der Waals surface area contributed by atoms with E-state index < -0.39 is 5.97 Å². The van der Waals surface area contributed by atoms with Crippen molar-refractivity contribution in [1.29, 1.82) is 0 Å². The molecule has 2 aromatic rings. The molecule has 0 atom stereocenters. The number of carboxylic acid groups (broad SMARTS) is 1. The SMILES string of the molecule is Cc1cc(C(=O)O)cc(C(=O)NCc2ccc(COC3CCOCC3)cc2)c1. The van der Waals surface area contributed by atoms with Gasteiger partial charge in [0.25, 0.3) is 5.91 Å². The van der Waals surface area contributed by atoms with Crippen LogP contribution in [0.25, 0.3) is 0 Å². The Morgan fingerprint density at radius 2 is 1.71 bits per heavy atom. The van der Waals surface area contributed by atoms with Crippen LogP contribution >= 0.6 is 0 Å². The highest BCUT2D eigenvalue weighted by molar-refractivity contribution is 5.97. The van der Waals surface area contributed by atoms with Gasteiger partial charge >= 0.3 is 5.97 Å². The smallest absolute Gasteiger partial charge is 0.335 e. The molecule has 0 unspecified atom stereocenters. The van der Waals surface area contributed by atoms with Crippen LogP contribution in [0.5, 0.6) is 0 Å². The first-order valence-electron chi connectivity index (χ1n) is 9.41. The van der Waals surface area contributed by atoms with Crippen LogP contribution in [-0.4, -0.2) is 36.3 Å². The molecule has 2 N–H and O–H groups in total. The fraction of sp³-hybridized carbons (Fsp3) is 0.364. The lowest BCUT2D eigenvalue weighted by Gasteiger charge is -2.22. The second-order valence-corrected chi connectivity index (χ2v) is 7.01. The highest BCUT2D eigenvalue weighted by Gasteiger charge is 2.14. The Balaban J connectivity index is 1.51. The maximum Gasteiger partial charge on any atom is 0.335 e. The highest BCUT2D eigenvalue weighted by Crippen LogP contribution is 2.14. The zero-order chi connectivity index (χ0) is 19.9. The molecule has 0 saturated carbocycles. The summed E-state index contributed by atoms with van der Waals surface area (Å²) in [5.41, 5.74) is 3.25. The van der Waals surface area contributed by atoms with Crippen molar-refractivity contribution < 1.29 is 24.2 Å². The van der Waals surface area contributed by atoms with Crippen molar-refractivity contribution in [3.63, 3.8) is 0 Å². The second-order valence-electron chi connectivity index (χ2n) is 7.01. The van der Waals surface area contributed by atoms with E-state index in [0.717, 1.165) is 42.7 Å². The Bertz CT molecular complexity index is 825. The van der Waals surface area contributed by atoms with E-state index >= 15 is 0 Å². The summed E-state index contributed by atoms with van der Waals surface area (Å²) in [6.07, 6.45) is 2.14. The number of aryl methyl sites for hydroxylation is 1. The van der Waals surface area contributed by atoms with Crippen LogP contribution in [0.1, 0.15) is 50.2 Å². The third-order valence-corrected chi connectivity index (χ3v) is 4.72. The van der Waals surface area contributed by atoms with E-state index in [1.54, 1.807) is 19.1 Å². The van der Waals surface area contributed by atoms with Gasteiger partial charge < -0.3 is 19.9 Å². The maximum absolute atomic E-state index is 12.4. The van der Waals surface area contributed by atoms with Crippen LogP contribution in [0.4, 0.5) is 0 Å². The summed E-state index contributed by atoms with van der Waals surface area (Å²) in [5.74, 6) is -1.34. The minimum atomic E-state index is -1.05. The fourth-order valence-electron chi connectivity index (χ4n) is 3.13. The molecule has 0 aliphatic carbocycles. The molecule has 0 radical (unpaired) electrons. The van der Waals surface area contributed by atoms with E-state index in [1.165, 1.54) is 6.07 Å². The van der Waals surface area contributed by atoms with E-state index in [0.29, 0.717) is 18.7 Å². The number of carboxylic acids is 1. The van der Waals surface area contributed by atoms with Gasteiger partial charge in [-0.3, -0.25) is 4.79 Å². The van der Waals surface area contributed by atoms with Gasteiger partial charge in [-0.05, 0) is 54.7 Å². The van der Waals surface area contributed by atoms with E-state index in [4.69, 9.17) is 14.6 Å². The van der Waals surface area contributed by atoms with Gasteiger partial charge in [-0.15, -0.1) is 0 Å². The molecule has 3 rings (SSSR count). The molecule has 0 bridgehead atoms. The first-order chi connectivity index (χ1) is 13.5. The van der Waals surface area contributed by atoms with Crippen molar-refractivity contribution in [1.82, 2.24) is 5.32 Å². The predicted octanol–water partition coefficient (Wildman–Crippen LogP) is 3.32. The van der Waals surface area contributed by atoms with Gasteiger partial charge in [0.1, 0.15) is 0 Å². The molecule has 1 aliphatic rings. The van der Waals surface area contributed by atoms with Gasteiger partial charge in [-0.25, -0.2) is 4.79 Å². The van der Waals surface area contributed by atoms with Gasteiger partial charge in [0.15, 0.2) is 0 Å². The fourth-order valence-corrected chi connectivity index (χ4v) is 3.13. The Morgan fingerprint density at radius 3 is 2.39 bits per heavy atom. The molecular weight excluding hydrogens is 358 g/mol. The van der Waals surface area contributed by atoms with Crippen molar-refractivity contribution >= 4 is 11.9 Å². The van der Waals surface area contributed by atoms with Gasteiger partial charge in [0.05, 0.1) is 18.3 Å². The molecule has 1 heterocycles. The second kappa shape index (κ2) is 9.48. The molecule has 6 heteroatoms. The zero-order valence-corrected chi connectivity index (χ0v) is 15.9. The minimum absolute atomic E-state index is 0.110. The van der Waals surface area contributed by atoms with Crippen molar-refractivity contribution in [3.05, 3.63) is 70.3 Å². The van der Waals surface area contributed by atoms with Crippen molar-refractivity contribution in [2.24, 2.45) is 0 Å². The first kappa shape index (κ1) is 20.0. The van der Waals surface area contributed by atoms with Crippen LogP contribution in [0.15, 0.2) is 42.5 Å². The van der Waals surface area contributed by atoms with Crippen LogP contribution < -0.4 is 5.32 Å². The topological polar surface area (TPSA) is 84.9 Å². The van der Waals surface area contributed by atoms with Gasteiger partial charge in [-0.2, -0.15) is 0 Å². The largest absolute Gasteiger partial charge is 0.478 e. The lowest BCUT2D eigenvalue weighted by molar-refractivity contribution is -0.0390. The van der Waals surface area contributed by atoms with Crippen molar-refractivity contribution in [2.45, 2.75) is 39.0 Å². The van der Waals surface area contributed by atoms with Crippen LogP contribution in [0.3, 0.4) is 0 Å². The third kappa shape index (κ3) is 5.65. The Kier molecular flexibility index (Phi) is 6.79. The number of hydrogen-bond donors (Lipinski definition) is 2. The lowest BCUT2D eigenvalue weighted by Crippen LogP contribution is -2.23. The number of carbonyl (C=O) groups is 2. The van der Waals surface area contributed by atoms with E-state index in [9.17, 15) is 9.59 Å². The molecule has 2 aromatic carbocycles. The number of benzene rings is 2. The predicted molar refractivity (Wildman–Crippen MR) is 104 cm³/mol. The average molecular weight is 383 g/mol. The van der Waals surface area contributed by atoms with Crippen LogP contribution in [-0.2, 0) is 22.6 Å². The summed E-state index contributed by atoms with van der Waals surface area (Å²) in [4.78, 5) is 23.5. The quantitative estimate of drug-likeness (QED) is 0.766. The molecule has 0 spiro atoms. The summed E-state index contributed by atoms with van der Waals surface area (Å²) in [6.45, 7) is 4.23. The molecule has 0 aromatic heterocycles. The molecule has 148 valence electrons. The zero-order valence-electron chi connectivity index (χ0n) is 15.9. The average Bonchev–Trinajstić information content (AvgIpc) is 2.71. The number of rotatable bonds is 7. The number of hydrogen-bond acceptors (Lipinski definition) is 4. The van der Waals surface area contributed by atoms with E-state index in [1.807, 2.05) is 24.3 Å². The normalized spacial score (nSPS) is 14.6. The number of ether oxygens (including phenoxy) is 2. The molecule has 28 heavy (non-hydrogen) atoms. The van der Waals surface area contributed by atoms with Crippen LogP contribution in [0, 0.1) is 6.92 Å². The van der Waals surface area contributed by atoms with Crippen molar-refractivity contribution in [2.75, 3.05) is 13.2 Å². The molecule has 1 amide bonds. The maximum atomic E-state index is 12.4. The first-order valence-corrected chi connectivity index (χ1v) is 9.41. The number of carbonyl (C=O) groups excluding carboxylic acids is 1. The number of nitrogens with one attached hydrogen (secondary N) is 1. The molecular formula is C22H25NO5. The molecule has 1 aliphatic heterocycles. The Morgan fingerprint density at radius 1 is 1.07 bits per heavy atom. The van der Waals surface area contributed by atoms with Gasteiger partial charge in [0, 0.05) is 25.3 Å². The molecule has 1 saturated heterocycles. The summed E-state index contributed by atoms with van der Waals surface area (Å²) >= 11 is 0. The standard InChI is InChI=1S/C22H25NO5/c1-15-10-18(12-19(11-15)22(25)26)21(24)23-13-16-2-4-17(5-3-16)14-28-20-6-8-27-9-7-20/h2-5,10-12,20H,6-9,13-14H2,1H3,(H,23,24)(H,25,26). The lowest BCUT2D eigenvalue weighted by atomic mass is 10.1. The Labute approximate surface area is 164 Å². The summed E-state index contributed by atoms with van der Waals surface area (Å²) in [6, 6.07) is 12.5. The Hall–Kier alpha value is -2.70. The third-order valence-electron chi connectivity index (χ3n) is 4.72. The van der Waals surface area contributed by atoms with Gasteiger partial charge in [0.2, 0.25) is 0 Å². The monoisotopic (exact) mass is 383 g/mol. The van der Waals surface area contributed by atoms with Gasteiger partial charge in [-0.1, -0.05) is 24.3 Å². The summed E-state index contributed by atoms with van der Waals surface area (Å²) in [7, 11) is 0. The van der Waals surface area contributed by atoms with Crippen LogP contribution in [0.2, 0.25) is 0 Å². The summed E-state index contributed by atoms with van der Waals surface area (Å²) in [5, 5.41) is 12.0. The van der Waals surface area contributed by atoms with Crippen molar-refractivity contribution in [3.8, 4) is 0 Å². The van der Waals surface area contributed by atoms with E-state index in [-0.39, 0.29) is 17.6 Å². The molecule has 6 nitrogen and oxygen atoms in total. The number of aromatic carboxylic acids is 1. The highest BCUT2D eigenvalue weighted by atomic mass is 16.5. The van der Waals surface area contributed by atoms with E-state index in [2.05, 4.69) is 5.32 Å². The summed E-state index contributed by atoms with van der Waals surface area (Å²) < 4.78 is 11.2. The molecule has 1 fully saturated rings.